The highest BCUT2D eigenvalue weighted by Gasteiger charge is 2.08. The van der Waals surface area contributed by atoms with Gasteiger partial charge in [0, 0.05) is 14.1 Å². The highest BCUT2D eigenvalue weighted by molar-refractivity contribution is 5.92. The van der Waals surface area contributed by atoms with Gasteiger partial charge < -0.3 is 9.90 Å². The topological polar surface area (TPSA) is 90.8 Å². The van der Waals surface area contributed by atoms with Crippen molar-refractivity contribution in [2.45, 2.75) is 0 Å². The molecule has 0 aliphatic carbocycles. The van der Waals surface area contributed by atoms with Crippen molar-refractivity contribution in [1.29, 1.82) is 5.26 Å². The van der Waals surface area contributed by atoms with Crippen LogP contribution in [-0.2, 0) is 14.1 Å². The van der Waals surface area contributed by atoms with E-state index in [9.17, 15) is 20.0 Å². The number of nitriles is 1. The van der Waals surface area contributed by atoms with Crippen molar-refractivity contribution in [1.82, 2.24) is 9.13 Å². The largest absolute Gasteiger partial charge is 0.545 e. The first-order chi connectivity index (χ1) is 11.9. The molecule has 0 unspecified atom stereocenters. The molecule has 0 atom stereocenters. The van der Waals surface area contributed by atoms with Crippen LogP contribution >= 0.6 is 0 Å². The summed E-state index contributed by atoms with van der Waals surface area (Å²) in [7, 11) is 3.40. The van der Waals surface area contributed by atoms with Gasteiger partial charge >= 0.3 is 5.69 Å². The van der Waals surface area contributed by atoms with Gasteiger partial charge in [-0.15, -0.1) is 0 Å². The molecule has 0 saturated heterocycles. The molecular weight excluding hydrogens is 318 g/mol. The molecule has 0 aliphatic heterocycles. The summed E-state index contributed by atoms with van der Waals surface area (Å²) in [6.45, 7) is 0. The fourth-order valence-electron chi connectivity index (χ4n) is 2.75. The first-order valence-corrected chi connectivity index (χ1v) is 7.51. The SMILES string of the molecule is Cn1c(=O)n(C)c2cc(/C=C(/C#N)c3ccc(C(=O)[O-])cc3)ccc21. The van der Waals surface area contributed by atoms with Crippen LogP contribution in [0.2, 0.25) is 0 Å². The van der Waals surface area contributed by atoms with Gasteiger partial charge in [0.25, 0.3) is 0 Å². The molecule has 0 radical (unpaired) electrons. The third-order valence-corrected chi connectivity index (χ3v) is 4.16. The Labute approximate surface area is 143 Å². The standard InChI is InChI=1S/C19H15N3O3/c1-21-16-8-3-12(10-17(16)22(2)19(21)25)9-15(11-20)13-4-6-14(7-5-13)18(23)24/h3-10H,1-2H3,(H,23,24)/p-1/b15-9-. The molecule has 3 rings (SSSR count). The van der Waals surface area contributed by atoms with Crippen molar-refractivity contribution < 1.29 is 9.90 Å². The van der Waals surface area contributed by atoms with Gasteiger partial charge in [-0.25, -0.2) is 4.79 Å². The van der Waals surface area contributed by atoms with Crippen LogP contribution in [0.25, 0.3) is 22.7 Å². The van der Waals surface area contributed by atoms with Crippen molar-refractivity contribution in [2.24, 2.45) is 14.1 Å². The third kappa shape index (κ3) is 2.83. The van der Waals surface area contributed by atoms with Crippen LogP contribution in [0.4, 0.5) is 0 Å². The zero-order chi connectivity index (χ0) is 18.1. The van der Waals surface area contributed by atoms with E-state index in [2.05, 4.69) is 6.07 Å². The number of hydrogen-bond acceptors (Lipinski definition) is 4. The van der Waals surface area contributed by atoms with Gasteiger partial charge in [0.05, 0.1) is 28.6 Å². The number of hydrogen-bond donors (Lipinski definition) is 0. The maximum atomic E-state index is 12.0. The minimum atomic E-state index is -1.26. The number of aromatic carboxylic acids is 1. The van der Waals surface area contributed by atoms with Gasteiger partial charge in [0.15, 0.2) is 0 Å². The number of carbonyl (C=O) groups is 1. The molecule has 1 heterocycles. The van der Waals surface area contributed by atoms with E-state index < -0.39 is 5.97 Å². The van der Waals surface area contributed by atoms with Crippen LogP contribution in [0.5, 0.6) is 0 Å². The van der Waals surface area contributed by atoms with Crippen molar-refractivity contribution in [2.75, 3.05) is 0 Å². The van der Waals surface area contributed by atoms with Gasteiger partial charge in [-0.05, 0) is 34.9 Å². The van der Waals surface area contributed by atoms with Gasteiger partial charge in [-0.3, -0.25) is 9.13 Å². The molecule has 0 fully saturated rings. The van der Waals surface area contributed by atoms with Gasteiger partial charge in [0.1, 0.15) is 0 Å². The minimum absolute atomic E-state index is 0.0572. The van der Waals surface area contributed by atoms with E-state index in [1.807, 2.05) is 18.2 Å². The first-order valence-electron chi connectivity index (χ1n) is 7.51. The monoisotopic (exact) mass is 332 g/mol. The summed E-state index contributed by atoms with van der Waals surface area (Å²) in [4.78, 5) is 22.8. The molecule has 124 valence electrons. The molecule has 2 aromatic carbocycles. The second kappa shape index (κ2) is 6.13. The van der Waals surface area contributed by atoms with E-state index in [1.165, 1.54) is 12.1 Å². The number of carboxylic acids is 1. The predicted molar refractivity (Wildman–Crippen MR) is 92.4 cm³/mol. The van der Waals surface area contributed by atoms with E-state index >= 15 is 0 Å². The second-order valence-electron chi connectivity index (χ2n) is 5.68. The number of nitrogens with zero attached hydrogens (tertiary/aromatic N) is 3. The third-order valence-electron chi connectivity index (χ3n) is 4.16. The van der Waals surface area contributed by atoms with Crippen LogP contribution in [0.1, 0.15) is 21.5 Å². The second-order valence-corrected chi connectivity index (χ2v) is 5.68. The predicted octanol–water partition coefficient (Wildman–Crippen LogP) is 1.30. The summed E-state index contributed by atoms with van der Waals surface area (Å²) in [6, 6.07) is 13.6. The lowest BCUT2D eigenvalue weighted by molar-refractivity contribution is -0.255. The van der Waals surface area contributed by atoms with E-state index in [-0.39, 0.29) is 11.3 Å². The highest BCUT2D eigenvalue weighted by atomic mass is 16.4. The minimum Gasteiger partial charge on any atom is -0.545 e. The maximum Gasteiger partial charge on any atom is 0.328 e. The lowest BCUT2D eigenvalue weighted by Gasteiger charge is -2.04. The van der Waals surface area contributed by atoms with E-state index in [1.54, 1.807) is 41.4 Å². The molecule has 0 spiro atoms. The first kappa shape index (κ1) is 16.3. The number of aromatic nitrogens is 2. The van der Waals surface area contributed by atoms with Crippen molar-refractivity contribution >= 4 is 28.7 Å². The Hall–Kier alpha value is -3.59. The van der Waals surface area contributed by atoms with E-state index in [0.29, 0.717) is 11.1 Å². The number of fused-ring (bicyclic) bond motifs is 1. The van der Waals surface area contributed by atoms with Crippen molar-refractivity contribution in [3.05, 3.63) is 69.6 Å². The Balaban J connectivity index is 2.07. The Morgan fingerprint density at radius 3 is 2.24 bits per heavy atom. The summed E-state index contributed by atoms with van der Waals surface area (Å²) in [5.74, 6) is -1.26. The molecule has 6 heteroatoms. The number of imidazole rings is 1. The Morgan fingerprint density at radius 2 is 1.64 bits per heavy atom. The van der Waals surface area contributed by atoms with E-state index in [0.717, 1.165) is 16.6 Å². The van der Waals surface area contributed by atoms with Crippen LogP contribution < -0.4 is 10.8 Å². The normalized spacial score (nSPS) is 11.5. The summed E-state index contributed by atoms with van der Waals surface area (Å²) >= 11 is 0. The number of carbonyl (C=O) groups excluding carboxylic acids is 1. The van der Waals surface area contributed by atoms with Crippen molar-refractivity contribution in [3.63, 3.8) is 0 Å². The average Bonchev–Trinajstić information content (AvgIpc) is 2.84. The molecule has 0 bridgehead atoms. The number of allylic oxidation sites excluding steroid dienone is 1. The Bertz CT molecular complexity index is 1110. The van der Waals surface area contributed by atoms with Gasteiger partial charge in [-0.1, -0.05) is 30.3 Å². The molecule has 25 heavy (non-hydrogen) atoms. The molecule has 6 nitrogen and oxygen atoms in total. The average molecular weight is 332 g/mol. The lowest BCUT2D eigenvalue weighted by Crippen LogP contribution is -2.21. The molecule has 0 amide bonds. The maximum absolute atomic E-state index is 12.0. The number of benzene rings is 2. The molecule has 0 N–H and O–H groups in total. The molecule has 0 aliphatic rings. The molecular formula is C19H14N3O3-. The zero-order valence-electron chi connectivity index (χ0n) is 13.7. The summed E-state index contributed by atoms with van der Waals surface area (Å²) in [6.07, 6.45) is 1.70. The zero-order valence-corrected chi connectivity index (χ0v) is 13.7. The highest BCUT2D eigenvalue weighted by Crippen LogP contribution is 2.21. The van der Waals surface area contributed by atoms with Crippen LogP contribution in [-0.4, -0.2) is 15.1 Å². The van der Waals surface area contributed by atoms with E-state index in [4.69, 9.17) is 0 Å². The Kier molecular flexibility index (Phi) is 3.99. The Morgan fingerprint density at radius 1 is 1.04 bits per heavy atom. The van der Waals surface area contributed by atoms with Crippen molar-refractivity contribution in [3.8, 4) is 6.07 Å². The number of aryl methyl sites for hydroxylation is 2. The molecule has 0 saturated carbocycles. The van der Waals surface area contributed by atoms with Gasteiger partial charge in [-0.2, -0.15) is 5.26 Å². The van der Waals surface area contributed by atoms with Crippen LogP contribution in [0.3, 0.4) is 0 Å². The summed E-state index contributed by atoms with van der Waals surface area (Å²) in [5, 5.41) is 20.2. The lowest BCUT2D eigenvalue weighted by atomic mass is 10.0. The van der Waals surface area contributed by atoms with Crippen LogP contribution in [0.15, 0.2) is 47.3 Å². The van der Waals surface area contributed by atoms with Gasteiger partial charge in [0.2, 0.25) is 0 Å². The fourth-order valence-corrected chi connectivity index (χ4v) is 2.75. The molecule has 1 aromatic heterocycles. The number of rotatable bonds is 3. The smallest absolute Gasteiger partial charge is 0.328 e. The summed E-state index contributed by atoms with van der Waals surface area (Å²) < 4.78 is 3.11. The fraction of sp³-hybridized carbons (Fsp3) is 0.105. The summed E-state index contributed by atoms with van der Waals surface area (Å²) in [5.41, 5.74) is 3.29. The van der Waals surface area contributed by atoms with Crippen LogP contribution in [0, 0.1) is 11.3 Å². The molecule has 3 aromatic rings. The number of carboxylic acid groups (broad SMARTS) is 1. The quantitative estimate of drug-likeness (QED) is 0.534.